The van der Waals surface area contributed by atoms with Crippen LogP contribution in [-0.4, -0.2) is 27.6 Å². The molecule has 7 nitrogen and oxygen atoms in total. The van der Waals surface area contributed by atoms with Crippen LogP contribution in [0.1, 0.15) is 18.4 Å². The molecule has 0 atom stereocenters. The van der Waals surface area contributed by atoms with Crippen molar-refractivity contribution in [2.45, 2.75) is 19.4 Å². The third kappa shape index (κ3) is 4.21. The predicted octanol–water partition coefficient (Wildman–Crippen LogP) is 4.33. The Morgan fingerprint density at radius 1 is 1.06 bits per heavy atom. The van der Waals surface area contributed by atoms with Gasteiger partial charge >= 0.3 is 0 Å². The van der Waals surface area contributed by atoms with Crippen LogP contribution >= 0.6 is 0 Å². The van der Waals surface area contributed by atoms with E-state index in [1.54, 1.807) is 11.6 Å². The van der Waals surface area contributed by atoms with Gasteiger partial charge in [0.2, 0.25) is 11.9 Å². The van der Waals surface area contributed by atoms with Gasteiger partial charge < -0.3 is 9.47 Å². The van der Waals surface area contributed by atoms with Crippen molar-refractivity contribution in [1.82, 2.24) is 14.6 Å². The second-order valence-corrected chi connectivity index (χ2v) is 7.54. The van der Waals surface area contributed by atoms with Gasteiger partial charge in [-0.25, -0.2) is 4.52 Å². The van der Waals surface area contributed by atoms with E-state index >= 15 is 0 Å². The van der Waals surface area contributed by atoms with Crippen molar-refractivity contribution < 1.29 is 14.3 Å². The van der Waals surface area contributed by atoms with Gasteiger partial charge in [0.05, 0.1) is 12.8 Å². The molecule has 156 valence electrons. The van der Waals surface area contributed by atoms with Crippen LogP contribution in [0.4, 0.5) is 5.95 Å². The third-order valence-corrected chi connectivity index (χ3v) is 5.23. The van der Waals surface area contributed by atoms with E-state index in [-0.39, 0.29) is 11.8 Å². The molecule has 1 fully saturated rings. The van der Waals surface area contributed by atoms with Crippen molar-refractivity contribution in [3.8, 4) is 22.8 Å². The molecule has 0 aliphatic heterocycles. The maximum absolute atomic E-state index is 12.0. The number of methoxy groups -OCH3 is 1. The lowest BCUT2D eigenvalue weighted by molar-refractivity contribution is -0.117. The smallest absolute Gasteiger partial charge is 0.249 e. The van der Waals surface area contributed by atoms with E-state index in [1.165, 1.54) is 0 Å². The molecule has 1 N–H and O–H groups in total. The minimum atomic E-state index is -0.00464. The van der Waals surface area contributed by atoms with Crippen LogP contribution in [0.15, 0.2) is 66.7 Å². The van der Waals surface area contributed by atoms with Gasteiger partial charge in [-0.3, -0.25) is 10.1 Å². The summed E-state index contributed by atoms with van der Waals surface area (Å²) < 4.78 is 12.9. The zero-order chi connectivity index (χ0) is 21.2. The lowest BCUT2D eigenvalue weighted by Crippen LogP contribution is -2.14. The summed E-state index contributed by atoms with van der Waals surface area (Å²) in [5, 5.41) is 7.30. The zero-order valence-corrected chi connectivity index (χ0v) is 17.1. The summed E-state index contributed by atoms with van der Waals surface area (Å²) >= 11 is 0. The molecule has 31 heavy (non-hydrogen) atoms. The molecule has 4 aromatic rings. The van der Waals surface area contributed by atoms with Crippen molar-refractivity contribution in [3.63, 3.8) is 0 Å². The van der Waals surface area contributed by atoms with Gasteiger partial charge in [0.25, 0.3) is 0 Å². The standard InChI is InChI=1S/C24H22N4O3/c1-30-20-5-2-4-16(14-20)15-31-19-12-10-17(11-13-19)21-6-3-7-22-25-24(27-28(21)22)26-23(29)18-8-9-18/h2-7,10-14,18H,8-9,15H2,1H3,(H,26,27,29). The number of hydrogen-bond acceptors (Lipinski definition) is 5. The second-order valence-electron chi connectivity index (χ2n) is 7.54. The molecule has 2 aromatic carbocycles. The van der Waals surface area contributed by atoms with E-state index in [0.717, 1.165) is 41.2 Å². The Kier molecular flexibility index (Phi) is 5.00. The fourth-order valence-corrected chi connectivity index (χ4v) is 3.39. The molecule has 1 aliphatic rings. The Bertz CT molecular complexity index is 1230. The maximum atomic E-state index is 12.0. The van der Waals surface area contributed by atoms with Crippen molar-refractivity contribution in [1.29, 1.82) is 0 Å². The van der Waals surface area contributed by atoms with Gasteiger partial charge in [-0.1, -0.05) is 18.2 Å². The van der Waals surface area contributed by atoms with Gasteiger partial charge in [-0.05, 0) is 66.9 Å². The number of aromatic nitrogens is 3. The zero-order valence-electron chi connectivity index (χ0n) is 17.1. The summed E-state index contributed by atoms with van der Waals surface area (Å²) in [7, 11) is 1.65. The highest BCUT2D eigenvalue weighted by Crippen LogP contribution is 2.30. The largest absolute Gasteiger partial charge is 0.497 e. The number of anilines is 1. The Labute approximate surface area is 179 Å². The average Bonchev–Trinajstić information content (AvgIpc) is 3.58. The Morgan fingerprint density at radius 3 is 2.65 bits per heavy atom. The number of pyridine rings is 1. The molecule has 0 radical (unpaired) electrons. The first-order valence-corrected chi connectivity index (χ1v) is 10.2. The number of fused-ring (bicyclic) bond motifs is 1. The molecule has 2 heterocycles. The quantitative estimate of drug-likeness (QED) is 0.487. The van der Waals surface area contributed by atoms with Gasteiger partial charge in [-0.2, -0.15) is 4.98 Å². The number of nitrogens with zero attached hydrogens (tertiary/aromatic N) is 3. The molecular weight excluding hydrogens is 392 g/mol. The molecule has 1 aliphatic carbocycles. The first-order valence-electron chi connectivity index (χ1n) is 10.2. The number of carbonyl (C=O) groups excluding carboxylic acids is 1. The lowest BCUT2D eigenvalue weighted by Gasteiger charge is -2.09. The second kappa shape index (κ2) is 8.10. The van der Waals surface area contributed by atoms with Crippen LogP contribution < -0.4 is 14.8 Å². The van der Waals surface area contributed by atoms with Gasteiger partial charge in [-0.15, -0.1) is 5.10 Å². The summed E-state index contributed by atoms with van der Waals surface area (Å²) in [6.45, 7) is 0.458. The number of benzene rings is 2. The van der Waals surface area contributed by atoms with Crippen LogP contribution in [0.2, 0.25) is 0 Å². The Balaban J connectivity index is 1.32. The third-order valence-electron chi connectivity index (χ3n) is 5.23. The predicted molar refractivity (Wildman–Crippen MR) is 117 cm³/mol. The number of carbonyl (C=O) groups is 1. The highest BCUT2D eigenvalue weighted by atomic mass is 16.5. The molecule has 0 bridgehead atoms. The highest BCUT2D eigenvalue weighted by molar-refractivity contribution is 5.92. The van der Waals surface area contributed by atoms with E-state index in [2.05, 4.69) is 15.4 Å². The van der Waals surface area contributed by atoms with E-state index in [9.17, 15) is 4.79 Å². The maximum Gasteiger partial charge on any atom is 0.249 e. The lowest BCUT2D eigenvalue weighted by atomic mass is 10.1. The summed E-state index contributed by atoms with van der Waals surface area (Å²) in [6, 6.07) is 21.4. The number of hydrogen-bond donors (Lipinski definition) is 1. The van der Waals surface area contributed by atoms with Crippen LogP contribution in [0.25, 0.3) is 16.9 Å². The van der Waals surface area contributed by atoms with E-state index in [0.29, 0.717) is 18.2 Å². The van der Waals surface area contributed by atoms with Crippen LogP contribution in [0.5, 0.6) is 11.5 Å². The van der Waals surface area contributed by atoms with Crippen LogP contribution in [0, 0.1) is 5.92 Å². The molecule has 2 aromatic heterocycles. The summed E-state index contributed by atoms with van der Waals surface area (Å²) in [6.07, 6.45) is 1.88. The molecule has 1 saturated carbocycles. The molecule has 0 saturated heterocycles. The summed E-state index contributed by atoms with van der Waals surface area (Å²) in [5.74, 6) is 2.02. The van der Waals surface area contributed by atoms with Crippen molar-refractivity contribution in [2.24, 2.45) is 5.92 Å². The summed E-state index contributed by atoms with van der Waals surface area (Å²) in [4.78, 5) is 16.5. The van der Waals surface area contributed by atoms with Crippen LogP contribution in [-0.2, 0) is 11.4 Å². The first kappa shape index (κ1) is 19.1. The molecule has 1 amide bonds. The molecular formula is C24H22N4O3. The van der Waals surface area contributed by atoms with Gasteiger partial charge in [0, 0.05) is 11.5 Å². The van der Waals surface area contributed by atoms with Crippen molar-refractivity contribution >= 4 is 17.5 Å². The fourth-order valence-electron chi connectivity index (χ4n) is 3.39. The number of nitrogens with one attached hydrogen (secondary N) is 1. The molecule has 5 rings (SSSR count). The first-order chi connectivity index (χ1) is 15.2. The van der Waals surface area contributed by atoms with Gasteiger partial charge in [0.1, 0.15) is 18.1 Å². The molecule has 7 heteroatoms. The average molecular weight is 414 g/mol. The van der Waals surface area contributed by atoms with E-state index in [1.807, 2.05) is 66.7 Å². The minimum absolute atomic E-state index is 0.00464. The number of rotatable bonds is 7. The number of amides is 1. The summed E-state index contributed by atoms with van der Waals surface area (Å²) in [5.41, 5.74) is 3.58. The topological polar surface area (TPSA) is 77.8 Å². The molecule has 0 unspecified atom stereocenters. The minimum Gasteiger partial charge on any atom is -0.497 e. The van der Waals surface area contributed by atoms with Crippen LogP contribution in [0.3, 0.4) is 0 Å². The van der Waals surface area contributed by atoms with Crippen molar-refractivity contribution in [2.75, 3.05) is 12.4 Å². The SMILES string of the molecule is COc1cccc(COc2ccc(-c3cccc4nc(NC(=O)C5CC5)nn34)cc2)c1. The highest BCUT2D eigenvalue weighted by Gasteiger charge is 2.30. The van der Waals surface area contributed by atoms with E-state index < -0.39 is 0 Å². The fraction of sp³-hybridized carbons (Fsp3) is 0.208. The number of ether oxygens (including phenoxy) is 2. The van der Waals surface area contributed by atoms with E-state index in [4.69, 9.17) is 9.47 Å². The van der Waals surface area contributed by atoms with Crippen molar-refractivity contribution in [3.05, 3.63) is 72.3 Å². The Hall–Kier alpha value is -3.87. The Morgan fingerprint density at radius 2 is 1.87 bits per heavy atom. The monoisotopic (exact) mass is 414 g/mol. The van der Waals surface area contributed by atoms with Gasteiger partial charge in [0.15, 0.2) is 5.65 Å². The normalized spacial score (nSPS) is 13.2. The molecule has 0 spiro atoms.